The van der Waals surface area contributed by atoms with Crippen LogP contribution in [-0.2, 0) is 7.05 Å². The lowest BCUT2D eigenvalue weighted by Gasteiger charge is -2.13. The highest BCUT2D eigenvalue weighted by Gasteiger charge is 2.19. The molecule has 1 unspecified atom stereocenters. The summed E-state index contributed by atoms with van der Waals surface area (Å²) in [5.74, 6) is 0.873. The van der Waals surface area contributed by atoms with E-state index in [-0.39, 0.29) is 6.04 Å². The van der Waals surface area contributed by atoms with Crippen LogP contribution in [0.1, 0.15) is 25.2 Å². The fraction of sp³-hybridized carbons (Fsp3) is 0.267. The number of aryl methyl sites for hydroxylation is 1. The highest BCUT2D eigenvalue weighted by molar-refractivity contribution is 7.18. The minimum atomic E-state index is 0.0192. The molecule has 0 aliphatic rings. The lowest BCUT2D eigenvalue weighted by molar-refractivity contribution is 0.452. The van der Waals surface area contributed by atoms with Crippen molar-refractivity contribution in [1.82, 2.24) is 40.0 Å². The van der Waals surface area contributed by atoms with Gasteiger partial charge in [-0.15, -0.1) is 16.4 Å². The SMILES string of the molecule is CCC(c1ncnn1C)n1cc(-c2ccc(-c3ccn[nH]3)s2)nn1. The Morgan fingerprint density at radius 1 is 1.25 bits per heavy atom. The van der Waals surface area contributed by atoms with Crippen molar-refractivity contribution in [2.45, 2.75) is 19.4 Å². The molecule has 4 aromatic heterocycles. The van der Waals surface area contributed by atoms with E-state index >= 15 is 0 Å². The van der Waals surface area contributed by atoms with E-state index < -0.39 is 0 Å². The molecule has 1 N–H and O–H groups in total. The van der Waals surface area contributed by atoms with Crippen molar-refractivity contribution < 1.29 is 0 Å². The Morgan fingerprint density at radius 2 is 2.12 bits per heavy atom. The van der Waals surface area contributed by atoms with Gasteiger partial charge in [-0.05, 0) is 24.6 Å². The Bertz CT molecular complexity index is 932. The molecular formula is C15H16N8S. The van der Waals surface area contributed by atoms with Crippen molar-refractivity contribution in [3.63, 3.8) is 0 Å². The summed E-state index contributed by atoms with van der Waals surface area (Å²) in [6.45, 7) is 2.10. The molecule has 0 amide bonds. The Labute approximate surface area is 142 Å². The minimum absolute atomic E-state index is 0.0192. The molecule has 0 saturated heterocycles. The molecule has 0 aliphatic heterocycles. The molecule has 0 bridgehead atoms. The molecule has 8 nitrogen and oxygen atoms in total. The van der Waals surface area contributed by atoms with Gasteiger partial charge in [-0.1, -0.05) is 12.1 Å². The third-order valence-electron chi connectivity index (χ3n) is 3.89. The van der Waals surface area contributed by atoms with E-state index in [0.717, 1.165) is 33.4 Å². The number of hydrogen-bond acceptors (Lipinski definition) is 6. The van der Waals surface area contributed by atoms with Crippen LogP contribution in [0.2, 0.25) is 0 Å². The maximum Gasteiger partial charge on any atom is 0.151 e. The summed E-state index contributed by atoms with van der Waals surface area (Å²) >= 11 is 1.66. The largest absolute Gasteiger partial charge is 0.277 e. The molecule has 0 aliphatic carbocycles. The first kappa shape index (κ1) is 14.8. The smallest absolute Gasteiger partial charge is 0.151 e. The van der Waals surface area contributed by atoms with Crippen LogP contribution < -0.4 is 0 Å². The first-order chi connectivity index (χ1) is 11.8. The standard InChI is InChI=1S/C15H16N8S/c1-3-12(15-16-9-18-22(15)2)23-8-11(20-21-23)14-5-4-13(24-14)10-6-7-17-19-10/h4-9,12H,3H2,1-2H3,(H,17,19). The van der Waals surface area contributed by atoms with E-state index in [1.165, 1.54) is 0 Å². The number of nitrogens with zero attached hydrogens (tertiary/aromatic N) is 7. The number of aromatic amines is 1. The topological polar surface area (TPSA) is 90.1 Å². The number of hydrogen-bond donors (Lipinski definition) is 1. The Morgan fingerprint density at radius 3 is 2.83 bits per heavy atom. The zero-order valence-corrected chi connectivity index (χ0v) is 14.1. The van der Waals surface area contributed by atoms with Gasteiger partial charge in [0.2, 0.25) is 0 Å². The fourth-order valence-corrected chi connectivity index (χ4v) is 3.58. The van der Waals surface area contributed by atoms with Crippen molar-refractivity contribution in [2.24, 2.45) is 7.05 Å². The van der Waals surface area contributed by atoms with E-state index in [1.807, 2.05) is 24.0 Å². The number of aromatic nitrogens is 8. The number of H-pyrrole nitrogens is 1. The van der Waals surface area contributed by atoms with Gasteiger partial charge in [0.15, 0.2) is 5.82 Å². The van der Waals surface area contributed by atoms with Crippen LogP contribution in [-0.4, -0.2) is 40.0 Å². The molecule has 0 aromatic carbocycles. The van der Waals surface area contributed by atoms with Crippen molar-refractivity contribution in [3.05, 3.63) is 42.7 Å². The Kier molecular flexibility index (Phi) is 3.69. The summed E-state index contributed by atoms with van der Waals surface area (Å²) in [5.41, 5.74) is 1.86. The molecule has 0 saturated carbocycles. The van der Waals surface area contributed by atoms with E-state index in [1.54, 1.807) is 28.5 Å². The Balaban J connectivity index is 1.64. The van der Waals surface area contributed by atoms with Crippen LogP contribution >= 0.6 is 11.3 Å². The third-order valence-corrected chi connectivity index (χ3v) is 5.03. The second-order valence-electron chi connectivity index (χ2n) is 5.38. The highest BCUT2D eigenvalue weighted by Crippen LogP contribution is 2.32. The van der Waals surface area contributed by atoms with Crippen molar-refractivity contribution >= 4 is 11.3 Å². The lowest BCUT2D eigenvalue weighted by Crippen LogP contribution is -2.15. The van der Waals surface area contributed by atoms with E-state index in [0.29, 0.717) is 0 Å². The molecule has 1 atom stereocenters. The number of nitrogens with one attached hydrogen (secondary N) is 1. The van der Waals surface area contributed by atoms with Crippen LogP contribution in [0.5, 0.6) is 0 Å². The molecule has 4 rings (SSSR count). The molecule has 0 radical (unpaired) electrons. The zero-order chi connectivity index (χ0) is 16.5. The van der Waals surface area contributed by atoms with Crippen LogP contribution in [0.3, 0.4) is 0 Å². The summed E-state index contributed by atoms with van der Waals surface area (Å²) in [4.78, 5) is 6.53. The van der Waals surface area contributed by atoms with Gasteiger partial charge in [0.05, 0.1) is 21.6 Å². The summed E-state index contributed by atoms with van der Waals surface area (Å²) in [6, 6.07) is 6.09. The summed E-state index contributed by atoms with van der Waals surface area (Å²) in [7, 11) is 1.89. The normalized spacial score (nSPS) is 12.6. The van der Waals surface area contributed by atoms with Gasteiger partial charge in [-0.3, -0.25) is 9.78 Å². The average Bonchev–Trinajstić information content (AvgIpc) is 3.36. The highest BCUT2D eigenvalue weighted by atomic mass is 32.1. The molecule has 4 heterocycles. The molecule has 0 fully saturated rings. The second kappa shape index (κ2) is 6.00. The monoisotopic (exact) mass is 340 g/mol. The van der Waals surface area contributed by atoms with Gasteiger partial charge in [0, 0.05) is 13.2 Å². The second-order valence-corrected chi connectivity index (χ2v) is 6.47. The number of thiophene rings is 1. The molecule has 24 heavy (non-hydrogen) atoms. The van der Waals surface area contributed by atoms with Gasteiger partial charge < -0.3 is 0 Å². The maximum absolute atomic E-state index is 4.34. The number of rotatable bonds is 5. The predicted octanol–water partition coefficient (Wildman–Crippen LogP) is 2.52. The van der Waals surface area contributed by atoms with Crippen LogP contribution in [0.15, 0.2) is 36.9 Å². The quantitative estimate of drug-likeness (QED) is 0.603. The molecular weight excluding hydrogens is 324 g/mol. The first-order valence-electron chi connectivity index (χ1n) is 7.62. The van der Waals surface area contributed by atoms with Crippen LogP contribution in [0.4, 0.5) is 0 Å². The van der Waals surface area contributed by atoms with Crippen molar-refractivity contribution in [3.8, 4) is 21.1 Å². The average molecular weight is 340 g/mol. The maximum atomic E-state index is 4.34. The first-order valence-corrected chi connectivity index (χ1v) is 8.43. The van der Waals surface area contributed by atoms with E-state index in [9.17, 15) is 0 Å². The van der Waals surface area contributed by atoms with Crippen LogP contribution in [0, 0.1) is 0 Å². The zero-order valence-electron chi connectivity index (χ0n) is 13.3. The molecule has 9 heteroatoms. The third kappa shape index (κ3) is 2.52. The molecule has 122 valence electrons. The van der Waals surface area contributed by atoms with Gasteiger partial charge >= 0.3 is 0 Å². The summed E-state index contributed by atoms with van der Waals surface area (Å²) in [6.07, 6.45) is 6.13. The van der Waals surface area contributed by atoms with Gasteiger partial charge in [0.1, 0.15) is 18.1 Å². The van der Waals surface area contributed by atoms with Gasteiger partial charge in [-0.25, -0.2) is 9.67 Å². The predicted molar refractivity (Wildman–Crippen MR) is 90.3 cm³/mol. The van der Waals surface area contributed by atoms with Crippen molar-refractivity contribution in [1.29, 1.82) is 0 Å². The minimum Gasteiger partial charge on any atom is -0.277 e. The lowest BCUT2D eigenvalue weighted by atomic mass is 10.2. The van der Waals surface area contributed by atoms with Crippen molar-refractivity contribution in [2.75, 3.05) is 0 Å². The summed E-state index contributed by atoms with van der Waals surface area (Å²) in [5, 5.41) is 19.7. The van der Waals surface area contributed by atoms with Gasteiger partial charge in [0.25, 0.3) is 0 Å². The summed E-state index contributed by atoms with van der Waals surface area (Å²) < 4.78 is 3.63. The molecule has 4 aromatic rings. The van der Waals surface area contributed by atoms with Gasteiger partial charge in [-0.2, -0.15) is 10.2 Å². The van der Waals surface area contributed by atoms with Crippen LogP contribution in [0.25, 0.3) is 21.1 Å². The fourth-order valence-electron chi connectivity index (χ4n) is 2.65. The van der Waals surface area contributed by atoms with E-state index in [2.05, 4.69) is 49.6 Å². The molecule has 0 spiro atoms. The van der Waals surface area contributed by atoms with E-state index in [4.69, 9.17) is 0 Å². The Hall–Kier alpha value is -2.81.